The van der Waals surface area contributed by atoms with Crippen LogP contribution in [0, 0.1) is 0 Å². The maximum atomic E-state index is 12.6. The molecule has 0 amide bonds. The summed E-state index contributed by atoms with van der Waals surface area (Å²) in [6.07, 6.45) is 0.429. The van der Waals surface area contributed by atoms with Gasteiger partial charge in [0.05, 0.1) is 22.4 Å². The van der Waals surface area contributed by atoms with Crippen molar-refractivity contribution < 1.29 is 16.8 Å². The fraction of sp³-hybridized carbons (Fsp3) is 0.174. The minimum atomic E-state index is -3.69. The Hall–Kier alpha value is -3.17. The third-order valence-electron chi connectivity index (χ3n) is 5.23. The number of sulfonamides is 2. The monoisotopic (exact) mass is 469 g/mol. The zero-order valence-corrected chi connectivity index (χ0v) is 19.1. The van der Waals surface area contributed by atoms with Crippen molar-refractivity contribution in [3.8, 4) is 0 Å². The van der Waals surface area contributed by atoms with Gasteiger partial charge in [-0.05, 0) is 42.3 Å². The molecule has 32 heavy (non-hydrogen) atoms. The van der Waals surface area contributed by atoms with Crippen LogP contribution in [0.3, 0.4) is 0 Å². The van der Waals surface area contributed by atoms with E-state index >= 15 is 0 Å². The van der Waals surface area contributed by atoms with Gasteiger partial charge < -0.3 is 0 Å². The summed E-state index contributed by atoms with van der Waals surface area (Å²) in [4.78, 5) is 0.176. The largest absolute Gasteiger partial charge is 0.280 e. The molecule has 1 aliphatic rings. The normalized spacial score (nSPS) is 16.6. The lowest BCUT2D eigenvalue weighted by Gasteiger charge is -2.22. The topological polar surface area (TPSA) is 95.9 Å². The summed E-state index contributed by atoms with van der Waals surface area (Å²) in [5.41, 5.74) is 2.65. The second kappa shape index (κ2) is 8.76. The van der Waals surface area contributed by atoms with Crippen molar-refractivity contribution in [2.24, 2.45) is 5.10 Å². The molecule has 7 nitrogen and oxygen atoms in total. The van der Waals surface area contributed by atoms with Crippen molar-refractivity contribution in [3.63, 3.8) is 0 Å². The van der Waals surface area contributed by atoms with Gasteiger partial charge in [-0.15, -0.1) is 0 Å². The predicted octanol–water partition coefficient (Wildman–Crippen LogP) is 3.99. The highest BCUT2D eigenvalue weighted by Gasteiger charge is 2.35. The van der Waals surface area contributed by atoms with Crippen LogP contribution in [0.1, 0.15) is 30.5 Å². The minimum absolute atomic E-state index is 0.0483. The van der Waals surface area contributed by atoms with E-state index in [-0.39, 0.29) is 10.6 Å². The van der Waals surface area contributed by atoms with Gasteiger partial charge in [0.1, 0.15) is 0 Å². The van der Waals surface area contributed by atoms with Crippen molar-refractivity contribution >= 4 is 31.4 Å². The number of nitrogens with zero attached hydrogens (tertiary/aromatic N) is 2. The van der Waals surface area contributed by atoms with Gasteiger partial charge in [0.15, 0.2) is 0 Å². The summed E-state index contributed by atoms with van der Waals surface area (Å²) in [5.74, 6) is -0.0483. The van der Waals surface area contributed by atoms with E-state index in [2.05, 4.69) is 9.82 Å². The van der Waals surface area contributed by atoms with Crippen LogP contribution >= 0.6 is 0 Å². The lowest BCUT2D eigenvalue weighted by Crippen LogP contribution is -2.28. The Balaban J connectivity index is 1.59. The average Bonchev–Trinajstić information content (AvgIpc) is 3.27. The Morgan fingerprint density at radius 2 is 1.47 bits per heavy atom. The van der Waals surface area contributed by atoms with Gasteiger partial charge in [-0.2, -0.15) is 9.52 Å². The van der Waals surface area contributed by atoms with Crippen molar-refractivity contribution in [3.05, 3.63) is 96.1 Å². The lowest BCUT2D eigenvalue weighted by atomic mass is 9.99. The van der Waals surface area contributed by atoms with Crippen LogP contribution in [-0.4, -0.2) is 32.7 Å². The van der Waals surface area contributed by atoms with Crippen molar-refractivity contribution in [1.82, 2.24) is 4.41 Å². The average molecular weight is 470 g/mol. The van der Waals surface area contributed by atoms with Crippen LogP contribution in [0.25, 0.3) is 0 Å². The molecule has 0 fully saturated rings. The Kier molecular flexibility index (Phi) is 6.03. The fourth-order valence-electron chi connectivity index (χ4n) is 3.52. The highest BCUT2D eigenvalue weighted by Crippen LogP contribution is 2.35. The van der Waals surface area contributed by atoms with E-state index in [0.29, 0.717) is 17.8 Å². The van der Waals surface area contributed by atoms with Gasteiger partial charge >= 0.3 is 0 Å². The van der Waals surface area contributed by atoms with Gasteiger partial charge in [-0.25, -0.2) is 16.8 Å². The first-order chi connectivity index (χ1) is 15.3. The molecule has 0 bridgehead atoms. The second-order valence-corrected chi connectivity index (χ2v) is 11.1. The van der Waals surface area contributed by atoms with Crippen LogP contribution in [0.5, 0.6) is 0 Å². The summed E-state index contributed by atoms with van der Waals surface area (Å²) in [7, 11) is -7.23. The van der Waals surface area contributed by atoms with E-state index in [9.17, 15) is 16.8 Å². The lowest BCUT2D eigenvalue weighted by molar-refractivity contribution is 0.372. The molecule has 3 aromatic carbocycles. The fourth-order valence-corrected chi connectivity index (χ4v) is 5.67. The van der Waals surface area contributed by atoms with Gasteiger partial charge in [0.25, 0.3) is 10.0 Å². The predicted molar refractivity (Wildman–Crippen MR) is 125 cm³/mol. The Bertz CT molecular complexity index is 1320. The van der Waals surface area contributed by atoms with E-state index in [1.807, 2.05) is 30.3 Å². The highest BCUT2D eigenvalue weighted by molar-refractivity contribution is 7.92. The highest BCUT2D eigenvalue weighted by atomic mass is 32.2. The molecule has 1 N–H and O–H groups in total. The summed E-state index contributed by atoms with van der Waals surface area (Å²) in [6.45, 7) is 1.60. The summed E-state index contributed by atoms with van der Waals surface area (Å²) in [5, 5.41) is 4.43. The van der Waals surface area contributed by atoms with Crippen molar-refractivity contribution in [2.75, 3.05) is 10.5 Å². The van der Waals surface area contributed by atoms with E-state index in [0.717, 1.165) is 11.1 Å². The number of benzene rings is 3. The molecule has 0 aliphatic carbocycles. The molecule has 1 aliphatic heterocycles. The first kappa shape index (κ1) is 22.0. The molecule has 1 atom stereocenters. The summed E-state index contributed by atoms with van der Waals surface area (Å²) in [6, 6.07) is 23.9. The molecule has 1 heterocycles. The van der Waals surface area contributed by atoms with Crippen LogP contribution < -0.4 is 4.72 Å². The molecule has 3 aromatic rings. The number of nitrogens with one attached hydrogen (secondary N) is 1. The van der Waals surface area contributed by atoms with E-state index in [1.165, 1.54) is 16.5 Å². The van der Waals surface area contributed by atoms with E-state index in [4.69, 9.17) is 0 Å². The number of anilines is 1. The van der Waals surface area contributed by atoms with Crippen molar-refractivity contribution in [1.29, 1.82) is 0 Å². The quantitative estimate of drug-likeness (QED) is 0.566. The molecule has 0 spiro atoms. The number of rotatable bonds is 7. The minimum Gasteiger partial charge on any atom is -0.280 e. The van der Waals surface area contributed by atoms with Crippen LogP contribution in [0.15, 0.2) is 94.9 Å². The maximum absolute atomic E-state index is 12.6. The molecule has 0 aromatic heterocycles. The van der Waals surface area contributed by atoms with Gasteiger partial charge in [0.2, 0.25) is 10.0 Å². The zero-order chi connectivity index (χ0) is 22.8. The van der Waals surface area contributed by atoms with Crippen LogP contribution in [0.2, 0.25) is 0 Å². The standard InChI is InChI=1S/C23H23N3O4S2/c1-2-31(27,28)26-23(19-9-5-3-6-10-19)17-22(24-26)18-13-15-20(16-14-18)25-32(29,30)21-11-7-4-8-12-21/h3-16,23,25H,2,17H2,1H3. The Morgan fingerprint density at radius 3 is 2.06 bits per heavy atom. The molecule has 0 saturated heterocycles. The number of hydrogen-bond donors (Lipinski definition) is 1. The molecule has 0 radical (unpaired) electrons. The first-order valence-electron chi connectivity index (χ1n) is 10.1. The van der Waals surface area contributed by atoms with E-state index < -0.39 is 26.1 Å². The van der Waals surface area contributed by atoms with Crippen molar-refractivity contribution in [2.45, 2.75) is 24.3 Å². The smallest absolute Gasteiger partial charge is 0.261 e. The number of hydrogen-bond acceptors (Lipinski definition) is 5. The third kappa shape index (κ3) is 4.53. The first-order valence-corrected chi connectivity index (χ1v) is 13.2. The van der Waals surface area contributed by atoms with E-state index in [1.54, 1.807) is 49.4 Å². The van der Waals surface area contributed by atoms with Crippen LogP contribution in [-0.2, 0) is 20.0 Å². The summed E-state index contributed by atoms with van der Waals surface area (Å²) >= 11 is 0. The molecular weight excluding hydrogens is 446 g/mol. The SMILES string of the molecule is CCS(=O)(=O)N1N=C(c2ccc(NS(=O)(=O)c3ccccc3)cc2)CC1c1ccccc1. The van der Waals surface area contributed by atoms with Gasteiger partial charge in [-0.1, -0.05) is 60.7 Å². The zero-order valence-electron chi connectivity index (χ0n) is 17.4. The molecule has 0 saturated carbocycles. The maximum Gasteiger partial charge on any atom is 0.261 e. The number of hydrazone groups is 1. The summed E-state index contributed by atoms with van der Waals surface area (Å²) < 4.78 is 54.1. The Morgan fingerprint density at radius 1 is 0.875 bits per heavy atom. The Labute approximate surface area is 188 Å². The van der Waals surface area contributed by atoms with Gasteiger partial charge in [-0.3, -0.25) is 4.72 Å². The molecule has 1 unspecified atom stereocenters. The molecule has 9 heteroatoms. The van der Waals surface area contributed by atoms with Crippen LogP contribution in [0.4, 0.5) is 5.69 Å². The third-order valence-corrected chi connectivity index (χ3v) is 8.26. The molecule has 166 valence electrons. The van der Waals surface area contributed by atoms with Gasteiger partial charge in [0, 0.05) is 12.1 Å². The molecular formula is C23H23N3O4S2. The molecule has 4 rings (SSSR count). The second-order valence-electron chi connectivity index (χ2n) is 7.35.